The number of hydrogen-bond donors (Lipinski definition) is 2. The number of carbonyl (C=O) groups is 1. The van der Waals surface area contributed by atoms with Gasteiger partial charge in [-0.1, -0.05) is 0 Å². The number of aryl methyl sites for hydroxylation is 1. The average molecular weight is 283 g/mol. The Labute approximate surface area is 115 Å². The van der Waals surface area contributed by atoms with Crippen molar-refractivity contribution in [3.8, 4) is 0 Å². The third-order valence-electron chi connectivity index (χ3n) is 3.67. The molecule has 1 aliphatic heterocycles. The minimum absolute atomic E-state index is 0.0565. The Kier molecular flexibility index (Phi) is 3.73. The predicted octanol–water partition coefficient (Wildman–Crippen LogP) is -0.412. The van der Waals surface area contributed by atoms with Crippen molar-refractivity contribution < 1.29 is 14.8 Å². The first kappa shape index (κ1) is 14.4. The highest BCUT2D eigenvalue weighted by atomic mass is 16.6. The SMILES string of the molecule is Cc1ncc([N+](=O)[O-])n1CCN1CCC(N)(C(=O)O)C1. The van der Waals surface area contributed by atoms with Gasteiger partial charge in [0.2, 0.25) is 0 Å². The number of likely N-dealkylation sites (tertiary alicyclic amines) is 1. The summed E-state index contributed by atoms with van der Waals surface area (Å²) in [5.74, 6) is -0.503. The zero-order valence-electron chi connectivity index (χ0n) is 11.2. The van der Waals surface area contributed by atoms with Gasteiger partial charge in [0.25, 0.3) is 0 Å². The Morgan fingerprint density at radius 1 is 1.65 bits per heavy atom. The van der Waals surface area contributed by atoms with Crippen LogP contribution in [0.25, 0.3) is 0 Å². The van der Waals surface area contributed by atoms with E-state index in [1.807, 2.05) is 4.90 Å². The van der Waals surface area contributed by atoms with Crippen LogP contribution in [0.2, 0.25) is 0 Å². The van der Waals surface area contributed by atoms with Crippen molar-refractivity contribution in [2.45, 2.75) is 25.4 Å². The second-order valence-electron chi connectivity index (χ2n) is 5.06. The van der Waals surface area contributed by atoms with E-state index < -0.39 is 16.4 Å². The minimum atomic E-state index is -1.21. The number of aliphatic carboxylic acids is 1. The lowest BCUT2D eigenvalue weighted by atomic mass is 10.0. The molecule has 110 valence electrons. The Morgan fingerprint density at radius 3 is 2.90 bits per heavy atom. The molecule has 0 aromatic carbocycles. The van der Waals surface area contributed by atoms with Crippen LogP contribution in [0.15, 0.2) is 6.20 Å². The first-order valence-corrected chi connectivity index (χ1v) is 6.24. The van der Waals surface area contributed by atoms with E-state index >= 15 is 0 Å². The van der Waals surface area contributed by atoms with Crippen LogP contribution in [-0.2, 0) is 11.3 Å². The first-order valence-electron chi connectivity index (χ1n) is 6.24. The van der Waals surface area contributed by atoms with Crippen molar-refractivity contribution in [1.82, 2.24) is 14.5 Å². The van der Waals surface area contributed by atoms with E-state index in [9.17, 15) is 14.9 Å². The summed E-state index contributed by atoms with van der Waals surface area (Å²) in [5, 5.41) is 19.9. The molecule has 1 unspecified atom stereocenters. The minimum Gasteiger partial charge on any atom is -0.480 e. The first-order chi connectivity index (χ1) is 9.33. The van der Waals surface area contributed by atoms with Gasteiger partial charge in [-0.05, 0) is 11.3 Å². The van der Waals surface area contributed by atoms with Gasteiger partial charge in [0.15, 0.2) is 5.82 Å². The zero-order valence-corrected chi connectivity index (χ0v) is 11.2. The lowest BCUT2D eigenvalue weighted by Crippen LogP contribution is -2.50. The number of imidazole rings is 1. The number of carboxylic acid groups (broad SMARTS) is 1. The van der Waals surface area contributed by atoms with E-state index in [2.05, 4.69) is 4.98 Å². The summed E-state index contributed by atoms with van der Waals surface area (Å²) in [6.45, 7) is 3.41. The summed E-state index contributed by atoms with van der Waals surface area (Å²) in [6.07, 6.45) is 1.61. The molecule has 0 saturated carbocycles. The van der Waals surface area contributed by atoms with Gasteiger partial charge < -0.3 is 21.0 Å². The van der Waals surface area contributed by atoms with Gasteiger partial charge >= 0.3 is 11.8 Å². The van der Waals surface area contributed by atoms with Crippen molar-refractivity contribution in [2.24, 2.45) is 5.73 Å². The summed E-state index contributed by atoms with van der Waals surface area (Å²) in [7, 11) is 0. The molecule has 0 bridgehead atoms. The highest BCUT2D eigenvalue weighted by Crippen LogP contribution is 2.20. The van der Waals surface area contributed by atoms with Crippen molar-refractivity contribution in [3.05, 3.63) is 22.1 Å². The third kappa shape index (κ3) is 2.63. The van der Waals surface area contributed by atoms with Gasteiger partial charge in [-0.2, -0.15) is 0 Å². The fraction of sp³-hybridized carbons (Fsp3) is 0.636. The number of nitrogens with zero attached hydrogens (tertiary/aromatic N) is 4. The maximum Gasteiger partial charge on any atom is 0.342 e. The number of rotatable bonds is 5. The van der Waals surface area contributed by atoms with Crippen molar-refractivity contribution in [2.75, 3.05) is 19.6 Å². The molecule has 0 spiro atoms. The molecule has 0 radical (unpaired) electrons. The molecule has 2 rings (SSSR count). The number of aromatic nitrogens is 2. The van der Waals surface area contributed by atoms with Crippen LogP contribution in [0.1, 0.15) is 12.2 Å². The average Bonchev–Trinajstić information content (AvgIpc) is 2.92. The lowest BCUT2D eigenvalue weighted by molar-refractivity contribution is -0.392. The molecular weight excluding hydrogens is 266 g/mol. The summed E-state index contributed by atoms with van der Waals surface area (Å²) < 4.78 is 1.51. The summed E-state index contributed by atoms with van der Waals surface area (Å²) >= 11 is 0. The molecule has 20 heavy (non-hydrogen) atoms. The van der Waals surface area contributed by atoms with Gasteiger partial charge in [0, 0.05) is 26.6 Å². The van der Waals surface area contributed by atoms with Crippen LogP contribution in [0.4, 0.5) is 5.82 Å². The second-order valence-corrected chi connectivity index (χ2v) is 5.06. The van der Waals surface area contributed by atoms with Crippen molar-refractivity contribution in [3.63, 3.8) is 0 Å². The molecule has 1 saturated heterocycles. The summed E-state index contributed by atoms with van der Waals surface area (Å²) in [4.78, 5) is 27.2. The number of hydrogen-bond acceptors (Lipinski definition) is 6. The van der Waals surface area contributed by atoms with Crippen LogP contribution in [0, 0.1) is 17.0 Å². The van der Waals surface area contributed by atoms with E-state index in [1.54, 1.807) is 6.92 Å². The van der Waals surface area contributed by atoms with Crippen LogP contribution in [-0.4, -0.2) is 55.6 Å². The molecule has 3 N–H and O–H groups in total. The maximum atomic E-state index is 11.0. The third-order valence-corrected chi connectivity index (χ3v) is 3.67. The maximum absolute atomic E-state index is 11.0. The Bertz CT molecular complexity index is 543. The molecule has 1 aliphatic rings. The highest BCUT2D eigenvalue weighted by molar-refractivity contribution is 5.79. The summed E-state index contributed by atoms with van der Waals surface area (Å²) in [5.41, 5.74) is 4.57. The Balaban J connectivity index is 1.99. The molecule has 0 amide bonds. The molecule has 1 fully saturated rings. The van der Waals surface area contributed by atoms with Gasteiger partial charge in [-0.25, -0.2) is 9.55 Å². The van der Waals surface area contributed by atoms with Gasteiger partial charge in [-0.15, -0.1) is 0 Å². The number of nitro groups is 1. The van der Waals surface area contributed by atoms with Gasteiger partial charge in [0.1, 0.15) is 18.3 Å². The Morgan fingerprint density at radius 2 is 2.35 bits per heavy atom. The largest absolute Gasteiger partial charge is 0.480 e. The zero-order chi connectivity index (χ0) is 14.9. The van der Waals surface area contributed by atoms with E-state index in [0.717, 1.165) is 0 Å². The second kappa shape index (κ2) is 5.17. The molecule has 1 atom stereocenters. The predicted molar refractivity (Wildman–Crippen MR) is 69.2 cm³/mol. The van der Waals surface area contributed by atoms with E-state index in [4.69, 9.17) is 10.8 Å². The van der Waals surface area contributed by atoms with Crippen LogP contribution in [0.5, 0.6) is 0 Å². The molecule has 9 heteroatoms. The monoisotopic (exact) mass is 283 g/mol. The fourth-order valence-electron chi connectivity index (χ4n) is 2.40. The summed E-state index contributed by atoms with van der Waals surface area (Å²) in [6, 6.07) is 0. The van der Waals surface area contributed by atoms with Crippen LogP contribution >= 0.6 is 0 Å². The smallest absolute Gasteiger partial charge is 0.342 e. The highest BCUT2D eigenvalue weighted by Gasteiger charge is 2.41. The molecular formula is C11H17N5O4. The van der Waals surface area contributed by atoms with Crippen molar-refractivity contribution in [1.29, 1.82) is 0 Å². The quantitative estimate of drug-likeness (QED) is 0.555. The Hall–Kier alpha value is -2.00. The van der Waals surface area contributed by atoms with Gasteiger partial charge in [-0.3, -0.25) is 9.69 Å². The molecule has 1 aromatic rings. The molecule has 9 nitrogen and oxygen atoms in total. The fourth-order valence-corrected chi connectivity index (χ4v) is 2.40. The van der Waals surface area contributed by atoms with E-state index in [-0.39, 0.29) is 12.4 Å². The number of carboxylic acids is 1. The standard InChI is InChI=1S/C11H17N5O4/c1-8-13-6-9(16(19)20)15(8)5-4-14-3-2-11(12,7-14)10(17)18/h6H,2-5,7,12H2,1H3,(H,17,18). The van der Waals surface area contributed by atoms with Crippen molar-refractivity contribution >= 4 is 11.8 Å². The normalized spacial score (nSPS) is 23.1. The molecule has 1 aromatic heterocycles. The van der Waals surface area contributed by atoms with Crippen LogP contribution < -0.4 is 5.73 Å². The number of nitrogens with two attached hydrogens (primary N) is 1. The van der Waals surface area contributed by atoms with Crippen LogP contribution in [0.3, 0.4) is 0 Å². The topological polar surface area (TPSA) is 128 Å². The molecule has 2 heterocycles. The lowest BCUT2D eigenvalue weighted by Gasteiger charge is -2.19. The van der Waals surface area contributed by atoms with Gasteiger partial charge in [0.05, 0.1) is 0 Å². The van der Waals surface area contributed by atoms with E-state index in [0.29, 0.717) is 31.9 Å². The van der Waals surface area contributed by atoms with E-state index in [1.165, 1.54) is 10.8 Å². The molecule has 0 aliphatic carbocycles.